The molecule has 0 aliphatic heterocycles. The lowest BCUT2D eigenvalue weighted by Gasteiger charge is -2.03. The van der Waals surface area contributed by atoms with Crippen molar-refractivity contribution in [3.63, 3.8) is 0 Å². The lowest BCUT2D eigenvalue weighted by molar-refractivity contribution is 0.194. The van der Waals surface area contributed by atoms with E-state index in [9.17, 15) is 4.39 Å². The van der Waals surface area contributed by atoms with Crippen LogP contribution in [-0.4, -0.2) is 5.11 Å². The lowest BCUT2D eigenvalue weighted by atomic mass is 10.1. The van der Waals surface area contributed by atoms with Crippen LogP contribution in [0.1, 0.15) is 18.6 Å². The highest BCUT2D eigenvalue weighted by molar-refractivity contribution is 7.59. The summed E-state index contributed by atoms with van der Waals surface area (Å²) in [5, 5.41) is 8.96. The van der Waals surface area contributed by atoms with Crippen molar-refractivity contribution in [2.24, 2.45) is 0 Å². The third-order valence-electron chi connectivity index (χ3n) is 1.36. The summed E-state index contributed by atoms with van der Waals surface area (Å²) in [4.78, 5) is 0. The van der Waals surface area contributed by atoms with Crippen molar-refractivity contribution in [3.8, 4) is 0 Å². The number of rotatable bonds is 1. The van der Waals surface area contributed by atoms with Crippen LogP contribution in [0.4, 0.5) is 4.39 Å². The summed E-state index contributed by atoms with van der Waals surface area (Å²) < 4.78 is 12.7. The summed E-state index contributed by atoms with van der Waals surface area (Å²) in [5.41, 5.74) is 0.350. The summed E-state index contributed by atoms with van der Waals surface area (Å²) in [6.07, 6.45) is -0.721. The number of halogens is 1. The molecule has 11 heavy (non-hydrogen) atoms. The quantitative estimate of drug-likeness (QED) is 0.690. The average molecular weight is 174 g/mol. The maximum absolute atomic E-state index is 12.7. The van der Waals surface area contributed by atoms with Gasteiger partial charge >= 0.3 is 0 Å². The van der Waals surface area contributed by atoms with Gasteiger partial charge in [0.15, 0.2) is 0 Å². The first-order chi connectivity index (χ1) is 4.72. The fourth-order valence-electron chi connectivity index (χ4n) is 0.814. The molecule has 0 saturated carbocycles. The standard InChI is InChI=1S/C8H9FO.H2S/c1-6(10)7-4-2-3-5-8(7)9;/h2-6,10H,1H3;1H2. The number of hydrogen-bond acceptors (Lipinski definition) is 1. The van der Waals surface area contributed by atoms with E-state index in [1.165, 1.54) is 6.07 Å². The lowest BCUT2D eigenvalue weighted by Crippen LogP contribution is -1.93. The van der Waals surface area contributed by atoms with Gasteiger partial charge in [0.05, 0.1) is 6.10 Å². The zero-order valence-corrected chi connectivity index (χ0v) is 7.21. The van der Waals surface area contributed by atoms with Gasteiger partial charge in [0, 0.05) is 5.56 Å². The predicted molar refractivity (Wildman–Crippen MR) is 47.4 cm³/mol. The van der Waals surface area contributed by atoms with E-state index in [0.717, 1.165) is 0 Å². The number of benzene rings is 1. The Labute approximate surface area is 72.3 Å². The van der Waals surface area contributed by atoms with E-state index in [1.807, 2.05) is 0 Å². The minimum absolute atomic E-state index is 0. The Morgan fingerprint density at radius 2 is 1.91 bits per heavy atom. The van der Waals surface area contributed by atoms with E-state index < -0.39 is 6.10 Å². The highest BCUT2D eigenvalue weighted by atomic mass is 32.1. The van der Waals surface area contributed by atoms with Gasteiger partial charge in [-0.3, -0.25) is 0 Å². The maximum Gasteiger partial charge on any atom is 0.128 e. The van der Waals surface area contributed by atoms with E-state index in [0.29, 0.717) is 5.56 Å². The van der Waals surface area contributed by atoms with Gasteiger partial charge in [0.1, 0.15) is 5.82 Å². The second-order valence-corrected chi connectivity index (χ2v) is 2.20. The minimum atomic E-state index is -0.721. The van der Waals surface area contributed by atoms with Crippen LogP contribution < -0.4 is 0 Å². The molecule has 0 amide bonds. The normalized spacial score (nSPS) is 11.9. The van der Waals surface area contributed by atoms with Gasteiger partial charge in [-0.15, -0.1) is 0 Å². The Balaban J connectivity index is 0.000001000. The molecule has 1 N–H and O–H groups in total. The Kier molecular flexibility index (Phi) is 4.15. The van der Waals surface area contributed by atoms with Crippen molar-refractivity contribution in [2.45, 2.75) is 13.0 Å². The third-order valence-corrected chi connectivity index (χ3v) is 1.36. The third kappa shape index (κ3) is 2.52. The first kappa shape index (κ1) is 10.5. The summed E-state index contributed by atoms with van der Waals surface area (Å²) in [7, 11) is 0. The van der Waals surface area contributed by atoms with Gasteiger partial charge in [0.25, 0.3) is 0 Å². The molecule has 0 fully saturated rings. The first-order valence-corrected chi connectivity index (χ1v) is 3.14. The summed E-state index contributed by atoms with van der Waals surface area (Å²) in [5.74, 6) is -0.350. The molecule has 0 bridgehead atoms. The molecule has 0 spiro atoms. The Morgan fingerprint density at radius 1 is 1.36 bits per heavy atom. The van der Waals surface area contributed by atoms with Gasteiger partial charge in [-0.1, -0.05) is 18.2 Å². The van der Waals surface area contributed by atoms with Crippen molar-refractivity contribution in [3.05, 3.63) is 35.6 Å². The van der Waals surface area contributed by atoms with Gasteiger partial charge in [-0.25, -0.2) is 4.39 Å². The smallest absolute Gasteiger partial charge is 0.128 e. The molecular weight excluding hydrogens is 163 g/mol. The molecule has 0 aromatic heterocycles. The number of aliphatic hydroxyl groups is 1. The summed E-state index contributed by atoms with van der Waals surface area (Å²) >= 11 is 0. The molecule has 3 heteroatoms. The highest BCUT2D eigenvalue weighted by Crippen LogP contribution is 2.14. The molecule has 0 heterocycles. The molecule has 1 aromatic rings. The molecule has 0 radical (unpaired) electrons. The van der Waals surface area contributed by atoms with Crippen LogP contribution in [0, 0.1) is 5.82 Å². The van der Waals surface area contributed by atoms with Gasteiger partial charge in [0.2, 0.25) is 0 Å². The zero-order valence-electron chi connectivity index (χ0n) is 6.21. The molecule has 62 valence electrons. The van der Waals surface area contributed by atoms with Crippen LogP contribution in [0.15, 0.2) is 24.3 Å². The van der Waals surface area contributed by atoms with Gasteiger partial charge in [-0.05, 0) is 13.0 Å². The van der Waals surface area contributed by atoms with Crippen molar-refractivity contribution in [2.75, 3.05) is 0 Å². The van der Waals surface area contributed by atoms with Crippen LogP contribution in [0.2, 0.25) is 0 Å². The average Bonchev–Trinajstić information content (AvgIpc) is 1.88. The molecule has 1 nitrogen and oxygen atoms in total. The number of hydrogen-bond donors (Lipinski definition) is 1. The molecule has 1 unspecified atom stereocenters. The van der Waals surface area contributed by atoms with Crippen LogP contribution in [0.25, 0.3) is 0 Å². The Bertz CT molecular complexity index is 225. The molecule has 1 aromatic carbocycles. The van der Waals surface area contributed by atoms with E-state index in [1.54, 1.807) is 25.1 Å². The van der Waals surface area contributed by atoms with Crippen LogP contribution in [0.5, 0.6) is 0 Å². The largest absolute Gasteiger partial charge is 0.389 e. The highest BCUT2D eigenvalue weighted by Gasteiger charge is 2.04. The first-order valence-electron chi connectivity index (χ1n) is 3.14. The second-order valence-electron chi connectivity index (χ2n) is 2.20. The minimum Gasteiger partial charge on any atom is -0.389 e. The Morgan fingerprint density at radius 3 is 2.27 bits per heavy atom. The summed E-state index contributed by atoms with van der Waals surface area (Å²) in [6, 6.07) is 6.20. The van der Waals surface area contributed by atoms with Crippen molar-refractivity contribution >= 4 is 13.5 Å². The fraction of sp³-hybridized carbons (Fsp3) is 0.250. The molecule has 1 atom stereocenters. The Hall–Kier alpha value is -0.540. The van der Waals surface area contributed by atoms with E-state index in [-0.39, 0.29) is 19.3 Å². The zero-order chi connectivity index (χ0) is 7.56. The SMILES string of the molecule is CC(O)c1ccccc1F.S. The molecule has 0 aliphatic rings. The maximum atomic E-state index is 12.7. The van der Waals surface area contributed by atoms with Crippen molar-refractivity contribution < 1.29 is 9.50 Å². The molecule has 1 rings (SSSR count). The van der Waals surface area contributed by atoms with E-state index in [2.05, 4.69) is 0 Å². The topological polar surface area (TPSA) is 20.2 Å². The van der Waals surface area contributed by atoms with Gasteiger partial charge < -0.3 is 5.11 Å². The van der Waals surface area contributed by atoms with Crippen LogP contribution >= 0.6 is 13.5 Å². The molecular formula is C8H11FOS. The number of aliphatic hydroxyl groups excluding tert-OH is 1. The monoisotopic (exact) mass is 174 g/mol. The van der Waals surface area contributed by atoms with Crippen LogP contribution in [-0.2, 0) is 0 Å². The van der Waals surface area contributed by atoms with Gasteiger partial charge in [-0.2, -0.15) is 13.5 Å². The second kappa shape index (κ2) is 4.36. The molecule has 0 aliphatic carbocycles. The summed E-state index contributed by atoms with van der Waals surface area (Å²) in [6.45, 7) is 1.54. The fourth-order valence-corrected chi connectivity index (χ4v) is 0.814. The van der Waals surface area contributed by atoms with Crippen LogP contribution in [0.3, 0.4) is 0 Å². The van der Waals surface area contributed by atoms with Crippen molar-refractivity contribution in [1.82, 2.24) is 0 Å². The van der Waals surface area contributed by atoms with E-state index in [4.69, 9.17) is 5.11 Å². The predicted octanol–water partition coefficient (Wildman–Crippen LogP) is 1.99. The van der Waals surface area contributed by atoms with E-state index >= 15 is 0 Å². The molecule has 0 saturated heterocycles. The van der Waals surface area contributed by atoms with Crippen molar-refractivity contribution in [1.29, 1.82) is 0 Å².